The molecule has 2 unspecified atom stereocenters. The standard InChI is InChI=1S/C49H62FN11O4/c1-6-38(25-51)47-55-43(24-44(56-47)60-20-8-7-14-41(60)19-22-63)52-27-37(12-10-21-62)30-58(4)29-34(3)48(64)53-26-36-11-9-13-40(23-36)54-49(65)45-42-32-59(5)28-33(2)46(42)61(57-45)31-35-15-17-39(50)18-16-35/h9-13,15-18,21,23-25,30,33,41,63H,3,6-8,14,19-20,22,26-29,31-32,51H2,1-2,4-5H3,(H,53,64)(H,54,65)(H,52,55,56)/b12-10-,37-30+,38-25-. The first-order valence-electron chi connectivity index (χ1n) is 22.2. The van der Waals surface area contributed by atoms with Gasteiger partial charge >= 0.3 is 0 Å². The third-order valence-electron chi connectivity index (χ3n) is 11.6. The zero-order valence-electron chi connectivity index (χ0n) is 37.9. The molecule has 15 nitrogen and oxygen atoms in total. The zero-order chi connectivity index (χ0) is 46.5. The number of halogens is 1. The lowest BCUT2D eigenvalue weighted by atomic mass is 9.96. The Morgan fingerprint density at radius 2 is 1.91 bits per heavy atom. The van der Waals surface area contributed by atoms with Gasteiger partial charge in [0.1, 0.15) is 23.7 Å². The van der Waals surface area contributed by atoms with Crippen molar-refractivity contribution in [2.75, 3.05) is 62.4 Å². The van der Waals surface area contributed by atoms with Gasteiger partial charge in [-0.05, 0) is 86.2 Å². The molecule has 2 aromatic carbocycles. The molecule has 2 aliphatic heterocycles. The molecule has 0 aliphatic carbocycles. The summed E-state index contributed by atoms with van der Waals surface area (Å²) in [5.41, 5.74) is 12.3. The number of nitrogens with zero attached hydrogens (tertiary/aromatic N) is 7. The fraction of sp³-hybridized carbons (Fsp3) is 0.388. The number of hydrogen-bond donors (Lipinski definition) is 5. The number of nitrogens with one attached hydrogen (secondary N) is 3. The summed E-state index contributed by atoms with van der Waals surface area (Å²) in [5, 5.41) is 23.9. The van der Waals surface area contributed by atoms with Crippen LogP contribution in [0.1, 0.15) is 90.6 Å². The minimum absolute atomic E-state index is 0.0960. The summed E-state index contributed by atoms with van der Waals surface area (Å²) in [6.07, 6.45) is 11.6. The molecule has 2 aliphatic rings. The fourth-order valence-electron chi connectivity index (χ4n) is 8.55. The Morgan fingerprint density at radius 3 is 2.65 bits per heavy atom. The van der Waals surface area contributed by atoms with E-state index in [0.717, 1.165) is 71.7 Å². The van der Waals surface area contributed by atoms with Crippen LogP contribution in [0.3, 0.4) is 0 Å². The second-order valence-electron chi connectivity index (χ2n) is 16.8. The van der Waals surface area contributed by atoms with Crippen LogP contribution in [-0.4, -0.2) is 106 Å². The van der Waals surface area contributed by atoms with E-state index in [1.807, 2.05) is 61.1 Å². The lowest BCUT2D eigenvalue weighted by molar-refractivity contribution is -0.117. The predicted molar refractivity (Wildman–Crippen MR) is 253 cm³/mol. The second kappa shape index (κ2) is 22.8. The number of allylic oxidation sites excluding steroid dienone is 2. The van der Waals surface area contributed by atoms with Crippen molar-refractivity contribution < 1.29 is 23.9 Å². The second-order valence-corrected chi connectivity index (χ2v) is 16.8. The zero-order valence-corrected chi connectivity index (χ0v) is 37.9. The molecule has 16 heteroatoms. The molecular formula is C49H62FN11O4. The van der Waals surface area contributed by atoms with Gasteiger partial charge in [-0.2, -0.15) is 5.10 Å². The van der Waals surface area contributed by atoms with Gasteiger partial charge in [-0.15, -0.1) is 0 Å². The first-order valence-corrected chi connectivity index (χ1v) is 22.2. The highest BCUT2D eigenvalue weighted by Crippen LogP contribution is 2.32. The molecule has 344 valence electrons. The van der Waals surface area contributed by atoms with E-state index < -0.39 is 0 Å². The number of nitrogens with two attached hydrogens (primary N) is 1. The highest BCUT2D eigenvalue weighted by molar-refractivity contribution is 6.04. The van der Waals surface area contributed by atoms with Crippen LogP contribution in [0, 0.1) is 5.82 Å². The summed E-state index contributed by atoms with van der Waals surface area (Å²) in [4.78, 5) is 54.4. The van der Waals surface area contributed by atoms with Crippen molar-refractivity contribution in [3.8, 4) is 0 Å². The topological polar surface area (TPSA) is 187 Å². The van der Waals surface area contributed by atoms with E-state index in [1.165, 1.54) is 24.4 Å². The van der Waals surface area contributed by atoms with Crippen LogP contribution in [0.2, 0.25) is 0 Å². The number of rotatable bonds is 20. The highest BCUT2D eigenvalue weighted by atomic mass is 19.1. The van der Waals surface area contributed by atoms with Gasteiger partial charge in [0, 0.05) is 111 Å². The molecule has 6 rings (SSSR count). The minimum Gasteiger partial charge on any atom is -0.404 e. The number of aliphatic hydroxyl groups excluding tert-OH is 1. The summed E-state index contributed by atoms with van der Waals surface area (Å²) < 4.78 is 15.5. The number of likely N-dealkylation sites (N-methyl/N-ethyl adjacent to an activating group) is 2. The summed E-state index contributed by atoms with van der Waals surface area (Å²) in [6.45, 7) is 11.6. The van der Waals surface area contributed by atoms with Crippen molar-refractivity contribution in [2.45, 2.75) is 77.5 Å². The number of piperidine rings is 1. The van der Waals surface area contributed by atoms with E-state index in [9.17, 15) is 23.9 Å². The Balaban J connectivity index is 1.07. The minimum atomic E-state index is -0.337. The maximum atomic E-state index is 13.8. The Bertz CT molecular complexity index is 2410. The average molecular weight is 888 g/mol. The number of aldehydes is 1. The number of benzene rings is 2. The van der Waals surface area contributed by atoms with Gasteiger partial charge in [-0.1, -0.05) is 50.8 Å². The number of aliphatic hydroxyl groups is 1. The van der Waals surface area contributed by atoms with Crippen molar-refractivity contribution in [3.05, 3.63) is 137 Å². The normalized spacial score (nSPS) is 16.9. The highest BCUT2D eigenvalue weighted by Gasteiger charge is 2.31. The lowest BCUT2D eigenvalue weighted by Crippen LogP contribution is -2.40. The van der Waals surface area contributed by atoms with Crippen molar-refractivity contribution in [1.29, 1.82) is 0 Å². The summed E-state index contributed by atoms with van der Waals surface area (Å²) in [5.74, 6) is 1.03. The van der Waals surface area contributed by atoms with Crippen molar-refractivity contribution in [3.63, 3.8) is 0 Å². The Morgan fingerprint density at radius 1 is 1.11 bits per heavy atom. The molecule has 2 atom stereocenters. The van der Waals surface area contributed by atoms with Crippen LogP contribution in [0.15, 0.2) is 96.9 Å². The van der Waals surface area contributed by atoms with Gasteiger partial charge in [0.15, 0.2) is 11.5 Å². The molecule has 1 saturated heterocycles. The van der Waals surface area contributed by atoms with Crippen LogP contribution in [0.4, 0.5) is 21.7 Å². The molecule has 0 saturated carbocycles. The number of carbonyl (C=O) groups excluding carboxylic acids is 3. The number of fused-ring (bicyclic) bond motifs is 1. The first-order chi connectivity index (χ1) is 31.4. The fourth-order valence-corrected chi connectivity index (χ4v) is 8.55. The average Bonchev–Trinajstić information content (AvgIpc) is 3.66. The van der Waals surface area contributed by atoms with Gasteiger partial charge < -0.3 is 41.5 Å². The van der Waals surface area contributed by atoms with E-state index in [0.29, 0.717) is 67.4 Å². The van der Waals surface area contributed by atoms with Crippen molar-refractivity contribution in [1.82, 2.24) is 34.9 Å². The lowest BCUT2D eigenvalue weighted by Gasteiger charge is -2.36. The molecule has 0 spiro atoms. The Hall–Kier alpha value is -6.65. The van der Waals surface area contributed by atoms with E-state index in [4.69, 9.17) is 20.8 Å². The molecule has 4 heterocycles. The van der Waals surface area contributed by atoms with Crippen LogP contribution < -0.4 is 26.6 Å². The van der Waals surface area contributed by atoms with Crippen LogP contribution in [0.25, 0.3) is 5.57 Å². The van der Waals surface area contributed by atoms with E-state index in [2.05, 4.69) is 39.3 Å². The molecule has 0 bridgehead atoms. The van der Waals surface area contributed by atoms with Crippen LogP contribution in [-0.2, 0) is 29.2 Å². The van der Waals surface area contributed by atoms with Gasteiger partial charge in [0.25, 0.3) is 5.91 Å². The number of anilines is 3. The maximum Gasteiger partial charge on any atom is 0.276 e. The third kappa shape index (κ3) is 12.8. The maximum absolute atomic E-state index is 13.8. The van der Waals surface area contributed by atoms with Gasteiger partial charge in [0.05, 0.1) is 6.54 Å². The first kappa shape index (κ1) is 47.8. The van der Waals surface area contributed by atoms with Gasteiger partial charge in [-0.25, -0.2) is 14.4 Å². The summed E-state index contributed by atoms with van der Waals surface area (Å²) in [7, 11) is 3.84. The molecule has 6 N–H and O–H groups in total. The molecule has 4 aromatic rings. The van der Waals surface area contributed by atoms with Gasteiger partial charge in [-0.3, -0.25) is 19.1 Å². The Labute approximate surface area is 381 Å². The smallest absolute Gasteiger partial charge is 0.276 e. The van der Waals surface area contributed by atoms with E-state index >= 15 is 0 Å². The van der Waals surface area contributed by atoms with Gasteiger partial charge in [0.2, 0.25) is 5.91 Å². The largest absolute Gasteiger partial charge is 0.404 e. The monoisotopic (exact) mass is 887 g/mol. The Kier molecular flexibility index (Phi) is 16.8. The van der Waals surface area contributed by atoms with E-state index in [-0.39, 0.29) is 49.3 Å². The van der Waals surface area contributed by atoms with E-state index in [1.54, 1.807) is 24.3 Å². The number of carbonyl (C=O) groups is 3. The molecule has 65 heavy (non-hydrogen) atoms. The third-order valence-corrected chi connectivity index (χ3v) is 11.6. The van der Waals surface area contributed by atoms with Crippen molar-refractivity contribution >= 4 is 41.0 Å². The summed E-state index contributed by atoms with van der Waals surface area (Å²) in [6, 6.07) is 15.7. The number of amides is 2. The predicted octanol–water partition coefficient (Wildman–Crippen LogP) is 5.97. The van der Waals surface area contributed by atoms with Crippen LogP contribution in [0.5, 0.6) is 0 Å². The molecule has 2 amide bonds. The SMILES string of the molecule is C=C(CN(C)/C=C(\C=C/C=O)CNc1cc(N2CCCCC2CCO)nc(/C(=C\N)CC)n1)C(=O)NCc1cccc(NC(=O)c2nn(Cc3ccc(F)cc3)c3c2CN(C)CC3C)c1. The number of aromatic nitrogens is 4. The van der Waals surface area contributed by atoms with Crippen molar-refractivity contribution in [2.24, 2.45) is 5.73 Å². The van der Waals surface area contributed by atoms with Crippen LogP contribution >= 0.6 is 0 Å². The molecule has 2 aromatic heterocycles. The molecule has 0 radical (unpaired) electrons. The number of hydrogen-bond acceptors (Lipinski definition) is 12. The quantitative estimate of drug-likeness (QED) is 0.0399. The molecular weight excluding hydrogens is 826 g/mol. The molecule has 1 fully saturated rings. The summed E-state index contributed by atoms with van der Waals surface area (Å²) >= 11 is 0.